The molecule has 0 aliphatic carbocycles. The summed E-state index contributed by atoms with van der Waals surface area (Å²) in [5.74, 6) is -1.15. The van der Waals surface area contributed by atoms with Gasteiger partial charge in [-0.05, 0) is 6.07 Å². The Morgan fingerprint density at radius 1 is 1.55 bits per heavy atom. The fourth-order valence-corrected chi connectivity index (χ4v) is 0.451. The van der Waals surface area contributed by atoms with E-state index in [0.29, 0.717) is 0 Å². The first kappa shape index (κ1) is 14.1. The predicted molar refractivity (Wildman–Crippen MR) is 36.5 cm³/mol. The van der Waals surface area contributed by atoms with Crippen molar-refractivity contribution in [2.24, 2.45) is 0 Å². The van der Waals surface area contributed by atoms with E-state index in [1.165, 1.54) is 18.5 Å². The molecule has 0 spiro atoms. The van der Waals surface area contributed by atoms with Gasteiger partial charge in [-0.15, -0.1) is 0 Å². The molecule has 0 amide bonds. The van der Waals surface area contributed by atoms with E-state index in [1.54, 1.807) is 0 Å². The summed E-state index contributed by atoms with van der Waals surface area (Å²) < 4.78 is 0. The molecule has 11 heavy (non-hydrogen) atoms. The number of H-pyrrole nitrogens is 1. The SMILES string of the molecule is CC.O=C([O-])c1cc[nH]c1.[Rb+]. The number of carboxylic acids is 1. The molecule has 0 aromatic carbocycles. The van der Waals surface area contributed by atoms with Gasteiger partial charge in [0.25, 0.3) is 0 Å². The Kier molecular flexibility index (Phi) is 11.1. The number of nitrogens with one attached hydrogen (secondary N) is 1. The summed E-state index contributed by atoms with van der Waals surface area (Å²) in [5.41, 5.74) is 0.185. The number of aromatic amines is 1. The standard InChI is InChI=1S/C5H5NO2.C2H6.Rb/c7-5(8)4-1-2-6-3-4;1-2;/h1-3,6H,(H,7,8);1-2H3;/q;;+1/p-1. The van der Waals surface area contributed by atoms with Gasteiger partial charge in [0, 0.05) is 18.0 Å². The molecular weight excluding hydrogens is 216 g/mol. The van der Waals surface area contributed by atoms with E-state index in [1.807, 2.05) is 13.8 Å². The van der Waals surface area contributed by atoms with Crippen LogP contribution in [0.1, 0.15) is 24.2 Å². The van der Waals surface area contributed by atoms with Gasteiger partial charge in [-0.3, -0.25) is 0 Å². The number of rotatable bonds is 1. The van der Waals surface area contributed by atoms with Gasteiger partial charge < -0.3 is 14.9 Å². The second kappa shape index (κ2) is 8.65. The fourth-order valence-electron chi connectivity index (χ4n) is 0.451. The van der Waals surface area contributed by atoms with Crippen LogP contribution in [0.15, 0.2) is 18.5 Å². The van der Waals surface area contributed by atoms with Gasteiger partial charge in [0.2, 0.25) is 0 Å². The number of carboxylic acid groups (broad SMARTS) is 1. The summed E-state index contributed by atoms with van der Waals surface area (Å²) in [4.78, 5) is 12.5. The molecule has 1 aromatic heterocycles. The molecule has 1 heterocycles. The Morgan fingerprint density at radius 2 is 2.09 bits per heavy atom. The van der Waals surface area contributed by atoms with Gasteiger partial charge >= 0.3 is 58.2 Å². The van der Waals surface area contributed by atoms with E-state index in [0.717, 1.165) is 0 Å². The van der Waals surface area contributed by atoms with Gasteiger partial charge in [-0.25, -0.2) is 0 Å². The molecule has 4 heteroatoms. The van der Waals surface area contributed by atoms with Crippen LogP contribution in [-0.2, 0) is 0 Å². The third-order valence-electron chi connectivity index (χ3n) is 0.834. The van der Waals surface area contributed by atoms with Crippen molar-refractivity contribution in [3.63, 3.8) is 0 Å². The van der Waals surface area contributed by atoms with Gasteiger partial charge in [-0.2, -0.15) is 0 Å². The van der Waals surface area contributed by atoms with E-state index < -0.39 is 5.97 Å². The number of carbonyl (C=O) groups excluding carboxylic acids is 1. The van der Waals surface area contributed by atoms with Crippen LogP contribution in [0.5, 0.6) is 0 Å². The molecule has 0 aliphatic heterocycles. The Morgan fingerprint density at radius 3 is 2.27 bits per heavy atom. The van der Waals surface area contributed by atoms with Crippen LogP contribution in [-0.4, -0.2) is 11.0 Å². The minimum absolute atomic E-state index is 0. The molecule has 0 radical (unpaired) electrons. The molecule has 0 saturated carbocycles. The minimum Gasteiger partial charge on any atom is -0.545 e. The van der Waals surface area contributed by atoms with E-state index in [2.05, 4.69) is 4.98 Å². The smallest absolute Gasteiger partial charge is 0.545 e. The Balaban J connectivity index is 0. The number of aromatic carboxylic acids is 1. The molecule has 0 fully saturated rings. The molecule has 0 bridgehead atoms. The Bertz CT molecular complexity index is 184. The van der Waals surface area contributed by atoms with E-state index in [-0.39, 0.29) is 63.8 Å². The van der Waals surface area contributed by atoms with Crippen molar-refractivity contribution in [2.75, 3.05) is 0 Å². The largest absolute Gasteiger partial charge is 1.00 e. The van der Waals surface area contributed by atoms with Crippen molar-refractivity contribution in [3.05, 3.63) is 24.0 Å². The summed E-state index contributed by atoms with van der Waals surface area (Å²) in [6.07, 6.45) is 2.90. The zero-order chi connectivity index (χ0) is 7.98. The quantitative estimate of drug-likeness (QED) is 0.570. The predicted octanol–water partition coefficient (Wildman–Crippen LogP) is -2.59. The number of hydrogen-bond donors (Lipinski definition) is 1. The fraction of sp³-hybridized carbons (Fsp3) is 0.286. The first-order valence-corrected chi connectivity index (χ1v) is 3.15. The summed E-state index contributed by atoms with van der Waals surface area (Å²) in [5, 5.41) is 9.93. The van der Waals surface area contributed by atoms with Crippen LogP contribution in [0.2, 0.25) is 0 Å². The third-order valence-corrected chi connectivity index (χ3v) is 0.834. The normalized spacial score (nSPS) is 7.09. The maximum atomic E-state index is 9.93. The number of hydrogen-bond acceptors (Lipinski definition) is 2. The van der Waals surface area contributed by atoms with Crippen molar-refractivity contribution < 1.29 is 68.1 Å². The molecule has 0 aliphatic rings. The van der Waals surface area contributed by atoms with Crippen molar-refractivity contribution in [1.29, 1.82) is 0 Å². The van der Waals surface area contributed by atoms with Crippen molar-refractivity contribution in [3.8, 4) is 0 Å². The first-order chi connectivity index (χ1) is 4.80. The van der Waals surface area contributed by atoms with Gasteiger partial charge in [0.05, 0.1) is 5.97 Å². The molecule has 0 unspecified atom stereocenters. The average Bonchev–Trinajstić information content (AvgIpc) is 2.42. The summed E-state index contributed by atoms with van der Waals surface area (Å²) in [6.45, 7) is 4.00. The van der Waals surface area contributed by atoms with Crippen LogP contribution in [0.3, 0.4) is 0 Å². The second-order valence-electron chi connectivity index (χ2n) is 1.39. The van der Waals surface area contributed by atoms with Crippen molar-refractivity contribution in [1.82, 2.24) is 4.98 Å². The number of carbonyl (C=O) groups is 1. The maximum absolute atomic E-state index is 9.93. The van der Waals surface area contributed by atoms with Crippen LogP contribution in [0.4, 0.5) is 0 Å². The minimum atomic E-state index is -1.15. The van der Waals surface area contributed by atoms with Crippen LogP contribution in [0.25, 0.3) is 0 Å². The average molecular weight is 226 g/mol. The monoisotopic (exact) mass is 225 g/mol. The Hall–Kier alpha value is 0.555. The zero-order valence-electron chi connectivity index (χ0n) is 7.05. The van der Waals surface area contributed by atoms with Gasteiger partial charge in [0.15, 0.2) is 0 Å². The van der Waals surface area contributed by atoms with Crippen LogP contribution >= 0.6 is 0 Å². The van der Waals surface area contributed by atoms with E-state index in [4.69, 9.17) is 0 Å². The van der Waals surface area contributed by atoms with Crippen molar-refractivity contribution in [2.45, 2.75) is 13.8 Å². The molecule has 0 saturated heterocycles. The third kappa shape index (κ3) is 5.79. The molecule has 0 atom stereocenters. The van der Waals surface area contributed by atoms with Gasteiger partial charge in [-0.1, -0.05) is 13.8 Å². The molecule has 3 nitrogen and oxygen atoms in total. The maximum Gasteiger partial charge on any atom is 1.00 e. The Labute approximate surface area is 115 Å². The number of aromatic nitrogens is 1. The van der Waals surface area contributed by atoms with Gasteiger partial charge in [0.1, 0.15) is 0 Å². The van der Waals surface area contributed by atoms with Crippen LogP contribution in [0, 0.1) is 0 Å². The van der Waals surface area contributed by atoms with Crippen molar-refractivity contribution >= 4 is 5.97 Å². The molecule has 1 N–H and O–H groups in total. The summed E-state index contributed by atoms with van der Waals surface area (Å²) in [7, 11) is 0. The summed E-state index contributed by atoms with van der Waals surface area (Å²) >= 11 is 0. The molecule has 1 rings (SSSR count). The van der Waals surface area contributed by atoms with E-state index >= 15 is 0 Å². The second-order valence-corrected chi connectivity index (χ2v) is 1.39. The summed E-state index contributed by atoms with van der Waals surface area (Å²) in [6, 6.07) is 1.44. The zero-order valence-corrected chi connectivity index (χ0v) is 12.0. The molecular formula is C7H10NO2Rb. The molecule has 1 aromatic rings. The van der Waals surface area contributed by atoms with Crippen LogP contribution < -0.4 is 63.3 Å². The van der Waals surface area contributed by atoms with E-state index in [9.17, 15) is 9.90 Å². The topological polar surface area (TPSA) is 55.9 Å². The molecule has 56 valence electrons. The first-order valence-electron chi connectivity index (χ1n) is 3.15.